The number of likely N-dealkylation sites (N-methyl/N-ethyl adjacent to an activating group) is 1. The number of amides is 1. The molecule has 4 rings (SSSR count). The number of carbonyl (C=O) groups is 1. The van der Waals surface area contributed by atoms with Crippen LogP contribution in [-0.4, -0.2) is 78.3 Å². The van der Waals surface area contributed by atoms with Gasteiger partial charge in [-0.1, -0.05) is 12.1 Å². The molecule has 1 aromatic carbocycles. The summed E-state index contributed by atoms with van der Waals surface area (Å²) in [5.74, 6) is 5.92. The van der Waals surface area contributed by atoms with Gasteiger partial charge in [-0.2, -0.15) is 5.10 Å². The van der Waals surface area contributed by atoms with Gasteiger partial charge in [0.25, 0.3) is 0 Å². The fraction of sp³-hybridized carbons (Fsp3) is 0.280. The van der Waals surface area contributed by atoms with Crippen LogP contribution in [0.1, 0.15) is 6.92 Å². The molecule has 0 saturated carbocycles. The topological polar surface area (TPSA) is 143 Å². The van der Waals surface area contributed by atoms with Gasteiger partial charge in [0.05, 0.1) is 36.0 Å². The molecule has 0 saturated heterocycles. The van der Waals surface area contributed by atoms with E-state index in [1.807, 2.05) is 50.2 Å². The number of hydrogen-bond donors (Lipinski definition) is 2. The number of ether oxygens (including phenoxy) is 2. The molecule has 1 aliphatic rings. The number of nitrogens with zero attached hydrogens (tertiary/aromatic N) is 7. The maximum absolute atomic E-state index is 12.6. The number of rotatable bonds is 8. The first-order chi connectivity index (χ1) is 17.9. The molecule has 0 aliphatic carbocycles. The summed E-state index contributed by atoms with van der Waals surface area (Å²) in [5.41, 5.74) is 4.44. The molecule has 0 atom stereocenters. The van der Waals surface area contributed by atoms with Crippen LogP contribution >= 0.6 is 0 Å². The van der Waals surface area contributed by atoms with Gasteiger partial charge in [0, 0.05) is 24.5 Å². The normalized spacial score (nSPS) is 13.4. The van der Waals surface area contributed by atoms with Crippen LogP contribution < -0.4 is 20.8 Å². The fourth-order valence-electron chi connectivity index (χ4n) is 3.49. The van der Waals surface area contributed by atoms with E-state index in [0.29, 0.717) is 55.2 Å². The average Bonchev–Trinajstić information content (AvgIpc) is 2.89. The van der Waals surface area contributed by atoms with Gasteiger partial charge in [0.2, 0.25) is 11.8 Å². The van der Waals surface area contributed by atoms with Crippen LogP contribution in [0.3, 0.4) is 0 Å². The maximum atomic E-state index is 12.6. The minimum Gasteiger partial charge on any atom is -0.474 e. The lowest BCUT2D eigenvalue weighted by molar-refractivity contribution is 0.140. The number of aliphatic imine (C=N–C) groups is 1. The molecular formula is C25H29N9O3. The van der Waals surface area contributed by atoms with E-state index in [9.17, 15) is 4.79 Å². The van der Waals surface area contributed by atoms with Crippen molar-refractivity contribution in [3.8, 4) is 17.0 Å². The molecule has 0 fully saturated rings. The Kier molecular flexibility index (Phi) is 8.21. The molecular weight excluding hydrogens is 474 g/mol. The quantitative estimate of drug-likeness (QED) is 0.269. The molecule has 12 heteroatoms. The summed E-state index contributed by atoms with van der Waals surface area (Å²) in [7, 11) is 3.84. The Balaban J connectivity index is 1.44. The monoisotopic (exact) mass is 503 g/mol. The minimum absolute atomic E-state index is 0.294. The van der Waals surface area contributed by atoms with Crippen molar-refractivity contribution in [1.29, 1.82) is 0 Å². The summed E-state index contributed by atoms with van der Waals surface area (Å²) in [6.45, 7) is 3.47. The van der Waals surface area contributed by atoms with Crippen LogP contribution in [0.25, 0.3) is 11.1 Å². The molecule has 1 amide bonds. The van der Waals surface area contributed by atoms with Crippen molar-refractivity contribution < 1.29 is 14.3 Å². The lowest BCUT2D eigenvalue weighted by Crippen LogP contribution is -2.39. The summed E-state index contributed by atoms with van der Waals surface area (Å²) < 4.78 is 11.0. The first-order valence-electron chi connectivity index (χ1n) is 11.6. The number of aromatic nitrogens is 3. The molecule has 192 valence electrons. The second kappa shape index (κ2) is 11.9. The first-order valence-corrected chi connectivity index (χ1v) is 11.6. The molecule has 12 nitrogen and oxygen atoms in total. The zero-order chi connectivity index (χ0) is 26.2. The Labute approximate surface area is 214 Å². The number of fused-ring (bicyclic) bond motifs is 1. The molecule has 3 N–H and O–H groups in total. The highest BCUT2D eigenvalue weighted by Crippen LogP contribution is 2.33. The van der Waals surface area contributed by atoms with Crippen molar-refractivity contribution in [2.24, 2.45) is 15.9 Å². The van der Waals surface area contributed by atoms with Crippen molar-refractivity contribution in [3.63, 3.8) is 0 Å². The molecule has 3 aromatic rings. The Morgan fingerprint density at radius 2 is 1.95 bits per heavy atom. The number of nitrogens with one attached hydrogen (secondary N) is 1. The van der Waals surface area contributed by atoms with Gasteiger partial charge in [0.15, 0.2) is 0 Å². The number of carbonyl (C=O) groups excluding carboxylic acids is 1. The predicted octanol–water partition coefficient (Wildman–Crippen LogP) is 3.22. The molecule has 0 bridgehead atoms. The summed E-state index contributed by atoms with van der Waals surface area (Å²) in [4.78, 5) is 33.7. The summed E-state index contributed by atoms with van der Waals surface area (Å²) >= 11 is 0. The van der Waals surface area contributed by atoms with E-state index in [1.165, 1.54) is 11.1 Å². The van der Waals surface area contributed by atoms with Gasteiger partial charge in [-0.05, 0) is 44.8 Å². The number of benzene rings is 1. The van der Waals surface area contributed by atoms with Crippen molar-refractivity contribution in [2.45, 2.75) is 6.92 Å². The van der Waals surface area contributed by atoms with E-state index in [2.05, 4.69) is 30.4 Å². The van der Waals surface area contributed by atoms with Gasteiger partial charge < -0.3 is 25.5 Å². The third-order valence-corrected chi connectivity index (χ3v) is 5.34. The van der Waals surface area contributed by atoms with E-state index in [0.717, 1.165) is 16.8 Å². The smallest absolute Gasteiger partial charge is 0.414 e. The van der Waals surface area contributed by atoms with Crippen LogP contribution in [0, 0.1) is 0 Å². The van der Waals surface area contributed by atoms with E-state index in [4.69, 9.17) is 15.3 Å². The highest BCUT2D eigenvalue weighted by atomic mass is 16.6. The average molecular weight is 504 g/mol. The number of pyridine rings is 1. The molecule has 0 spiro atoms. The van der Waals surface area contributed by atoms with Crippen molar-refractivity contribution in [1.82, 2.24) is 19.9 Å². The maximum Gasteiger partial charge on any atom is 0.414 e. The summed E-state index contributed by atoms with van der Waals surface area (Å²) in [6.07, 6.45) is 6.11. The molecule has 0 unspecified atom stereocenters. The second-order valence-corrected chi connectivity index (χ2v) is 8.46. The van der Waals surface area contributed by atoms with Crippen LogP contribution in [0.4, 0.5) is 27.8 Å². The number of hydrazone groups is 1. The van der Waals surface area contributed by atoms with Crippen molar-refractivity contribution in [3.05, 3.63) is 48.9 Å². The van der Waals surface area contributed by atoms with E-state index >= 15 is 0 Å². The zero-order valence-corrected chi connectivity index (χ0v) is 21.0. The van der Waals surface area contributed by atoms with Crippen molar-refractivity contribution >= 4 is 41.0 Å². The highest BCUT2D eigenvalue weighted by Gasteiger charge is 2.26. The lowest BCUT2D eigenvalue weighted by atomic mass is 10.1. The van der Waals surface area contributed by atoms with Crippen LogP contribution in [0.5, 0.6) is 5.88 Å². The van der Waals surface area contributed by atoms with Gasteiger partial charge in [-0.25, -0.2) is 19.7 Å². The lowest BCUT2D eigenvalue weighted by Gasteiger charge is -2.28. The Morgan fingerprint density at radius 3 is 2.65 bits per heavy atom. The molecule has 37 heavy (non-hydrogen) atoms. The largest absolute Gasteiger partial charge is 0.474 e. The number of nitrogens with two attached hydrogens (primary N) is 1. The van der Waals surface area contributed by atoms with E-state index in [-0.39, 0.29) is 0 Å². The second-order valence-electron chi connectivity index (χ2n) is 8.46. The highest BCUT2D eigenvalue weighted by molar-refractivity contribution is 6.30. The number of anilines is 3. The van der Waals surface area contributed by atoms with Gasteiger partial charge in [-0.3, -0.25) is 9.89 Å². The van der Waals surface area contributed by atoms with Gasteiger partial charge >= 0.3 is 6.09 Å². The summed E-state index contributed by atoms with van der Waals surface area (Å²) in [6, 6.07) is 9.44. The molecule has 0 radical (unpaired) electrons. The minimum atomic E-state index is -0.440. The Bertz CT molecular complexity index is 1280. The van der Waals surface area contributed by atoms with Crippen LogP contribution in [-0.2, 0) is 4.74 Å². The van der Waals surface area contributed by atoms with E-state index in [1.54, 1.807) is 24.7 Å². The number of hydrogen-bond acceptors (Lipinski definition) is 11. The Hall–Kier alpha value is -4.58. The molecule has 3 heterocycles. The third-order valence-electron chi connectivity index (χ3n) is 5.34. The van der Waals surface area contributed by atoms with Crippen molar-refractivity contribution in [2.75, 3.05) is 50.6 Å². The predicted molar refractivity (Wildman–Crippen MR) is 143 cm³/mol. The van der Waals surface area contributed by atoms with Gasteiger partial charge in [0.1, 0.15) is 18.9 Å². The molecule has 2 aromatic heterocycles. The standard InChI is InChI=1S/C25H29N9O3/c1-17(13-30-26)31-20-6-4-18(5-7-20)19-14-28-24(29-15-19)32-21-12-22-23(27-16-21)36-11-9-34(22)25(35)37-10-8-33(2)3/h4-7,12-16H,8-11,26H2,1-3H3,(H,28,29,32). The molecule has 1 aliphatic heterocycles. The third kappa shape index (κ3) is 6.76. The van der Waals surface area contributed by atoms with E-state index < -0.39 is 6.09 Å². The van der Waals surface area contributed by atoms with Gasteiger partial charge in [-0.15, -0.1) is 0 Å². The Morgan fingerprint density at radius 1 is 1.19 bits per heavy atom. The zero-order valence-electron chi connectivity index (χ0n) is 21.0. The first kappa shape index (κ1) is 25.5. The fourth-order valence-corrected chi connectivity index (χ4v) is 3.49. The summed E-state index contributed by atoms with van der Waals surface area (Å²) in [5, 5.41) is 6.60. The SMILES string of the molecule is CC(C=NN)=Nc1ccc(-c2cnc(Nc3cnc4c(c3)N(C(=O)OCCN(C)C)CCO4)nc2)cc1. The van der Waals surface area contributed by atoms with Crippen LogP contribution in [0.15, 0.2) is 59.0 Å². The van der Waals surface area contributed by atoms with Crippen LogP contribution in [0.2, 0.25) is 0 Å².